The molecule has 1 amide bonds. The number of aryl methyl sites for hydroxylation is 1. The van der Waals surface area contributed by atoms with Gasteiger partial charge in [-0.1, -0.05) is 0 Å². The van der Waals surface area contributed by atoms with Crippen LogP contribution in [0.5, 0.6) is 0 Å². The Labute approximate surface area is 171 Å². The number of hydrogen-bond acceptors (Lipinski definition) is 4. The molecule has 0 saturated carbocycles. The molecule has 1 aliphatic rings. The van der Waals surface area contributed by atoms with E-state index in [-0.39, 0.29) is 18.4 Å². The first-order chi connectivity index (χ1) is 14.0. The molecular formula is C22H29N3O4. The van der Waals surface area contributed by atoms with Gasteiger partial charge in [-0.15, -0.1) is 0 Å². The minimum Gasteiger partial charge on any atom is -0.481 e. The lowest BCUT2D eigenvalue weighted by Crippen LogP contribution is -2.29. The van der Waals surface area contributed by atoms with Crippen molar-refractivity contribution in [3.63, 3.8) is 0 Å². The fraction of sp³-hybridized carbons (Fsp3) is 0.500. The molecule has 0 unspecified atom stereocenters. The number of carboxylic acids is 1. The van der Waals surface area contributed by atoms with Crippen LogP contribution in [-0.2, 0) is 16.0 Å². The SMILES string of the molecule is Cc1nn(-c2ccc(C(=O)NCC[C@@H]3CCCCO3)cc2)c(C)c1CCC(=O)O. The van der Waals surface area contributed by atoms with Crippen molar-refractivity contribution >= 4 is 11.9 Å². The number of carbonyl (C=O) groups is 2. The molecule has 1 atom stereocenters. The lowest BCUT2D eigenvalue weighted by molar-refractivity contribution is -0.136. The summed E-state index contributed by atoms with van der Waals surface area (Å²) in [5.74, 6) is -0.912. The fourth-order valence-electron chi connectivity index (χ4n) is 3.76. The van der Waals surface area contributed by atoms with Crippen LogP contribution in [0.15, 0.2) is 24.3 Å². The quantitative estimate of drug-likeness (QED) is 0.711. The predicted octanol–water partition coefficient (Wildman–Crippen LogP) is 3.20. The third kappa shape index (κ3) is 5.44. The van der Waals surface area contributed by atoms with Crippen molar-refractivity contribution in [2.45, 2.75) is 58.5 Å². The van der Waals surface area contributed by atoms with Gasteiger partial charge in [0.25, 0.3) is 5.91 Å². The second kappa shape index (κ2) is 9.69. The van der Waals surface area contributed by atoms with Gasteiger partial charge in [-0.2, -0.15) is 5.10 Å². The standard InChI is InChI=1S/C22H29N3O4/c1-15-20(10-11-21(26)27)16(2)25(24-15)18-8-6-17(7-9-18)22(28)23-13-12-19-5-3-4-14-29-19/h6-9,19H,3-5,10-14H2,1-2H3,(H,23,28)(H,26,27)/t19-/m0/s1. The number of rotatable bonds is 8. The Morgan fingerprint density at radius 2 is 2.00 bits per heavy atom. The molecule has 1 saturated heterocycles. The minimum atomic E-state index is -0.818. The highest BCUT2D eigenvalue weighted by atomic mass is 16.5. The Morgan fingerprint density at radius 1 is 1.24 bits per heavy atom. The summed E-state index contributed by atoms with van der Waals surface area (Å²) in [7, 11) is 0. The molecule has 1 aliphatic heterocycles. The molecule has 7 heteroatoms. The van der Waals surface area contributed by atoms with E-state index in [0.29, 0.717) is 18.5 Å². The smallest absolute Gasteiger partial charge is 0.303 e. The average molecular weight is 399 g/mol. The topological polar surface area (TPSA) is 93.5 Å². The van der Waals surface area contributed by atoms with Gasteiger partial charge in [0.15, 0.2) is 0 Å². The Kier molecular flexibility index (Phi) is 7.04. The second-order valence-electron chi connectivity index (χ2n) is 7.53. The van der Waals surface area contributed by atoms with Crippen LogP contribution in [0.1, 0.15) is 59.4 Å². The van der Waals surface area contributed by atoms with Gasteiger partial charge in [0.2, 0.25) is 0 Å². The molecular weight excluding hydrogens is 370 g/mol. The summed E-state index contributed by atoms with van der Waals surface area (Å²) in [6.07, 6.45) is 5.04. The summed E-state index contributed by atoms with van der Waals surface area (Å²) >= 11 is 0. The maximum Gasteiger partial charge on any atom is 0.303 e. The third-order valence-corrected chi connectivity index (χ3v) is 5.43. The summed E-state index contributed by atoms with van der Waals surface area (Å²) in [6, 6.07) is 7.30. The first-order valence-corrected chi connectivity index (χ1v) is 10.2. The lowest BCUT2D eigenvalue weighted by atomic mass is 10.1. The first kappa shape index (κ1) is 21.0. The van der Waals surface area contributed by atoms with E-state index in [4.69, 9.17) is 9.84 Å². The summed E-state index contributed by atoms with van der Waals surface area (Å²) in [6.45, 7) is 5.25. The maximum absolute atomic E-state index is 12.4. The average Bonchev–Trinajstić information content (AvgIpc) is 3.00. The zero-order chi connectivity index (χ0) is 20.8. The van der Waals surface area contributed by atoms with E-state index in [1.807, 2.05) is 26.0 Å². The van der Waals surface area contributed by atoms with Crippen LogP contribution >= 0.6 is 0 Å². The number of carbonyl (C=O) groups excluding carboxylic acids is 1. The Morgan fingerprint density at radius 3 is 2.66 bits per heavy atom. The Bertz CT molecular complexity index is 852. The zero-order valence-corrected chi connectivity index (χ0v) is 17.1. The fourth-order valence-corrected chi connectivity index (χ4v) is 3.76. The van der Waals surface area contributed by atoms with Crippen LogP contribution in [0.4, 0.5) is 0 Å². The third-order valence-electron chi connectivity index (χ3n) is 5.43. The number of aliphatic carboxylic acids is 1. The summed E-state index contributed by atoms with van der Waals surface area (Å²) in [5.41, 5.74) is 4.16. The van der Waals surface area contributed by atoms with Crippen molar-refractivity contribution in [1.82, 2.24) is 15.1 Å². The number of carboxylic acid groups (broad SMARTS) is 1. The van der Waals surface area contributed by atoms with Gasteiger partial charge in [0.05, 0.1) is 17.5 Å². The van der Waals surface area contributed by atoms with E-state index in [1.54, 1.807) is 16.8 Å². The highest BCUT2D eigenvalue weighted by molar-refractivity contribution is 5.94. The molecule has 0 aliphatic carbocycles. The van der Waals surface area contributed by atoms with Crippen LogP contribution in [0.25, 0.3) is 5.69 Å². The van der Waals surface area contributed by atoms with E-state index >= 15 is 0 Å². The maximum atomic E-state index is 12.4. The van der Waals surface area contributed by atoms with Gasteiger partial charge >= 0.3 is 5.97 Å². The van der Waals surface area contributed by atoms with Crippen molar-refractivity contribution in [2.24, 2.45) is 0 Å². The van der Waals surface area contributed by atoms with Crippen LogP contribution in [0.3, 0.4) is 0 Å². The van der Waals surface area contributed by atoms with Crippen molar-refractivity contribution in [3.05, 3.63) is 46.8 Å². The van der Waals surface area contributed by atoms with E-state index in [1.165, 1.54) is 6.42 Å². The van der Waals surface area contributed by atoms with E-state index in [2.05, 4.69) is 10.4 Å². The largest absolute Gasteiger partial charge is 0.481 e. The first-order valence-electron chi connectivity index (χ1n) is 10.2. The summed E-state index contributed by atoms with van der Waals surface area (Å²) in [4.78, 5) is 23.2. The number of nitrogens with one attached hydrogen (secondary N) is 1. The predicted molar refractivity (Wildman–Crippen MR) is 110 cm³/mol. The van der Waals surface area contributed by atoms with Crippen LogP contribution < -0.4 is 5.32 Å². The molecule has 1 fully saturated rings. The van der Waals surface area contributed by atoms with Gasteiger partial charge in [-0.3, -0.25) is 9.59 Å². The summed E-state index contributed by atoms with van der Waals surface area (Å²) in [5, 5.41) is 16.4. The highest BCUT2D eigenvalue weighted by Crippen LogP contribution is 2.20. The molecule has 7 nitrogen and oxygen atoms in total. The molecule has 0 bridgehead atoms. The number of hydrogen-bond donors (Lipinski definition) is 2. The monoisotopic (exact) mass is 399 g/mol. The lowest BCUT2D eigenvalue weighted by Gasteiger charge is -2.22. The van der Waals surface area contributed by atoms with Gasteiger partial charge in [-0.25, -0.2) is 4.68 Å². The van der Waals surface area contributed by atoms with E-state index in [9.17, 15) is 9.59 Å². The van der Waals surface area contributed by atoms with Crippen molar-refractivity contribution in [1.29, 1.82) is 0 Å². The highest BCUT2D eigenvalue weighted by Gasteiger charge is 2.16. The Hall–Kier alpha value is -2.67. The number of nitrogens with zero attached hydrogens (tertiary/aromatic N) is 2. The zero-order valence-electron chi connectivity index (χ0n) is 17.1. The number of amides is 1. The molecule has 2 heterocycles. The summed E-state index contributed by atoms with van der Waals surface area (Å²) < 4.78 is 7.49. The minimum absolute atomic E-state index is 0.0817. The molecule has 3 rings (SSSR count). The normalized spacial score (nSPS) is 16.6. The van der Waals surface area contributed by atoms with E-state index in [0.717, 1.165) is 48.5 Å². The molecule has 1 aromatic heterocycles. The van der Waals surface area contributed by atoms with Crippen LogP contribution in [0.2, 0.25) is 0 Å². The second-order valence-corrected chi connectivity index (χ2v) is 7.53. The van der Waals surface area contributed by atoms with Crippen LogP contribution in [-0.4, -0.2) is 46.0 Å². The van der Waals surface area contributed by atoms with Crippen molar-refractivity contribution in [2.75, 3.05) is 13.2 Å². The van der Waals surface area contributed by atoms with Crippen LogP contribution in [0, 0.1) is 13.8 Å². The Balaban J connectivity index is 1.60. The van der Waals surface area contributed by atoms with E-state index < -0.39 is 5.97 Å². The molecule has 29 heavy (non-hydrogen) atoms. The van der Waals surface area contributed by atoms with Gasteiger partial charge in [0, 0.05) is 30.8 Å². The molecule has 156 valence electrons. The molecule has 2 N–H and O–H groups in total. The van der Waals surface area contributed by atoms with Crippen molar-refractivity contribution in [3.8, 4) is 5.69 Å². The van der Waals surface area contributed by atoms with Crippen molar-refractivity contribution < 1.29 is 19.4 Å². The molecule has 1 aromatic carbocycles. The molecule has 0 radical (unpaired) electrons. The molecule has 2 aromatic rings. The van der Waals surface area contributed by atoms with Gasteiger partial charge < -0.3 is 15.2 Å². The van der Waals surface area contributed by atoms with Gasteiger partial charge in [0.1, 0.15) is 0 Å². The molecule has 0 spiro atoms. The van der Waals surface area contributed by atoms with Gasteiger partial charge in [-0.05, 0) is 75.8 Å². The number of aromatic nitrogens is 2. The number of benzene rings is 1. The number of ether oxygens (including phenoxy) is 1.